The van der Waals surface area contributed by atoms with E-state index >= 15 is 0 Å². The lowest BCUT2D eigenvalue weighted by atomic mass is 9.97. The lowest BCUT2D eigenvalue weighted by Crippen LogP contribution is -2.38. The Hall–Kier alpha value is -0.0400. The van der Waals surface area contributed by atoms with E-state index in [-0.39, 0.29) is 0 Å². The fourth-order valence-electron chi connectivity index (χ4n) is 2.56. The minimum atomic E-state index is 0.715. The smallest absolute Gasteiger partial charge is 0.00978 e. The molecular formula is C13H27N. The van der Waals surface area contributed by atoms with Crippen LogP contribution in [0.5, 0.6) is 0 Å². The molecule has 1 rings (SSSR count). The van der Waals surface area contributed by atoms with Gasteiger partial charge in [-0.25, -0.2) is 0 Å². The molecule has 1 N–H and O–H groups in total. The summed E-state index contributed by atoms with van der Waals surface area (Å²) in [6.07, 6.45) is 6.83. The van der Waals surface area contributed by atoms with Crippen molar-refractivity contribution < 1.29 is 0 Å². The molecule has 1 saturated carbocycles. The summed E-state index contributed by atoms with van der Waals surface area (Å²) in [5.74, 6) is 1.80. The van der Waals surface area contributed by atoms with Crippen LogP contribution in [-0.2, 0) is 0 Å². The molecule has 0 aliphatic heterocycles. The monoisotopic (exact) mass is 197 g/mol. The van der Waals surface area contributed by atoms with Gasteiger partial charge in [0.2, 0.25) is 0 Å². The fourth-order valence-corrected chi connectivity index (χ4v) is 2.56. The van der Waals surface area contributed by atoms with Crippen LogP contribution in [0.1, 0.15) is 59.8 Å². The van der Waals surface area contributed by atoms with E-state index in [9.17, 15) is 0 Å². The van der Waals surface area contributed by atoms with Crippen LogP contribution in [0, 0.1) is 11.8 Å². The summed E-state index contributed by atoms with van der Waals surface area (Å²) in [6, 6.07) is 1.50. The SMILES string of the molecule is CCCCC(C)NC1CCC(C)C1C. The molecule has 84 valence electrons. The van der Waals surface area contributed by atoms with Crippen LogP contribution in [0.25, 0.3) is 0 Å². The van der Waals surface area contributed by atoms with Crippen LogP contribution in [0.2, 0.25) is 0 Å². The Balaban J connectivity index is 2.23. The zero-order chi connectivity index (χ0) is 10.6. The van der Waals surface area contributed by atoms with Crippen LogP contribution in [0.3, 0.4) is 0 Å². The maximum absolute atomic E-state index is 3.79. The van der Waals surface area contributed by atoms with E-state index < -0.39 is 0 Å². The minimum absolute atomic E-state index is 0.715. The normalized spacial score (nSPS) is 34.7. The first-order chi connectivity index (χ1) is 6.65. The van der Waals surface area contributed by atoms with Gasteiger partial charge >= 0.3 is 0 Å². The quantitative estimate of drug-likeness (QED) is 0.710. The highest BCUT2D eigenvalue weighted by molar-refractivity contribution is 4.86. The van der Waals surface area contributed by atoms with E-state index in [4.69, 9.17) is 0 Å². The van der Waals surface area contributed by atoms with Crippen molar-refractivity contribution in [3.63, 3.8) is 0 Å². The largest absolute Gasteiger partial charge is 0.311 e. The van der Waals surface area contributed by atoms with Gasteiger partial charge in [-0.3, -0.25) is 0 Å². The second-order valence-corrected chi connectivity index (χ2v) is 5.23. The first kappa shape index (κ1) is 12.0. The predicted octanol–water partition coefficient (Wildman–Crippen LogP) is 3.59. The number of rotatable bonds is 5. The van der Waals surface area contributed by atoms with E-state index in [2.05, 4.69) is 33.0 Å². The second kappa shape index (κ2) is 5.75. The molecule has 0 aromatic rings. The van der Waals surface area contributed by atoms with Gasteiger partial charge in [-0.2, -0.15) is 0 Å². The Kier molecular flexibility index (Phi) is 4.94. The van der Waals surface area contributed by atoms with Crippen molar-refractivity contribution >= 4 is 0 Å². The molecule has 0 heterocycles. The molecule has 1 aliphatic rings. The van der Waals surface area contributed by atoms with Crippen molar-refractivity contribution in [3.8, 4) is 0 Å². The molecule has 0 saturated heterocycles. The summed E-state index contributed by atoms with van der Waals surface area (Å²) in [4.78, 5) is 0. The minimum Gasteiger partial charge on any atom is -0.311 e. The Labute approximate surface area is 89.7 Å². The molecule has 14 heavy (non-hydrogen) atoms. The first-order valence-corrected chi connectivity index (χ1v) is 6.41. The van der Waals surface area contributed by atoms with Gasteiger partial charge in [0.15, 0.2) is 0 Å². The summed E-state index contributed by atoms with van der Waals surface area (Å²) in [7, 11) is 0. The van der Waals surface area contributed by atoms with Crippen LogP contribution in [0.15, 0.2) is 0 Å². The van der Waals surface area contributed by atoms with Crippen LogP contribution < -0.4 is 5.32 Å². The third kappa shape index (κ3) is 3.27. The third-order valence-corrected chi connectivity index (χ3v) is 3.95. The summed E-state index contributed by atoms with van der Waals surface area (Å²) < 4.78 is 0. The molecule has 0 bridgehead atoms. The Morgan fingerprint density at radius 2 is 2.00 bits per heavy atom. The summed E-state index contributed by atoms with van der Waals surface area (Å²) >= 11 is 0. The summed E-state index contributed by atoms with van der Waals surface area (Å²) in [5.41, 5.74) is 0. The van der Waals surface area contributed by atoms with Gasteiger partial charge in [-0.05, 0) is 38.0 Å². The fraction of sp³-hybridized carbons (Fsp3) is 1.00. The van der Waals surface area contributed by atoms with Crippen LogP contribution >= 0.6 is 0 Å². The lowest BCUT2D eigenvalue weighted by molar-refractivity contribution is 0.334. The molecule has 1 nitrogen and oxygen atoms in total. The maximum Gasteiger partial charge on any atom is 0.00978 e. The van der Waals surface area contributed by atoms with Gasteiger partial charge in [-0.1, -0.05) is 33.6 Å². The zero-order valence-electron chi connectivity index (χ0n) is 10.3. The summed E-state index contributed by atoms with van der Waals surface area (Å²) in [5, 5.41) is 3.79. The van der Waals surface area contributed by atoms with Gasteiger partial charge in [0.1, 0.15) is 0 Å². The van der Waals surface area contributed by atoms with Gasteiger partial charge < -0.3 is 5.32 Å². The highest BCUT2D eigenvalue weighted by atomic mass is 15.0. The molecule has 0 amide bonds. The highest BCUT2D eigenvalue weighted by Gasteiger charge is 2.29. The Bertz CT molecular complexity index is 155. The topological polar surface area (TPSA) is 12.0 Å². The Morgan fingerprint density at radius 1 is 1.29 bits per heavy atom. The number of unbranched alkanes of at least 4 members (excludes halogenated alkanes) is 1. The van der Waals surface area contributed by atoms with Gasteiger partial charge in [0.05, 0.1) is 0 Å². The molecular weight excluding hydrogens is 170 g/mol. The first-order valence-electron chi connectivity index (χ1n) is 6.41. The van der Waals surface area contributed by atoms with E-state index in [0.29, 0.717) is 6.04 Å². The standard InChI is InChI=1S/C13H27N/c1-5-6-7-11(3)14-13-9-8-10(2)12(13)4/h10-14H,5-9H2,1-4H3. The van der Waals surface area contributed by atoms with Crippen molar-refractivity contribution in [1.82, 2.24) is 5.32 Å². The zero-order valence-corrected chi connectivity index (χ0v) is 10.3. The van der Waals surface area contributed by atoms with Crippen molar-refractivity contribution in [2.24, 2.45) is 11.8 Å². The Morgan fingerprint density at radius 3 is 2.50 bits per heavy atom. The van der Waals surface area contributed by atoms with Gasteiger partial charge in [-0.15, -0.1) is 0 Å². The molecule has 1 heteroatoms. The molecule has 4 atom stereocenters. The lowest BCUT2D eigenvalue weighted by Gasteiger charge is -2.24. The van der Waals surface area contributed by atoms with Crippen molar-refractivity contribution in [2.45, 2.75) is 71.9 Å². The average molecular weight is 197 g/mol. The van der Waals surface area contributed by atoms with Gasteiger partial charge in [0.25, 0.3) is 0 Å². The highest BCUT2D eigenvalue weighted by Crippen LogP contribution is 2.31. The maximum atomic E-state index is 3.79. The predicted molar refractivity (Wildman–Crippen MR) is 63.5 cm³/mol. The molecule has 1 fully saturated rings. The second-order valence-electron chi connectivity index (χ2n) is 5.23. The summed E-state index contributed by atoms with van der Waals surface area (Å²) in [6.45, 7) is 9.41. The molecule has 4 unspecified atom stereocenters. The number of hydrogen-bond donors (Lipinski definition) is 1. The molecule has 1 aliphatic carbocycles. The van der Waals surface area contributed by atoms with Crippen LogP contribution in [0.4, 0.5) is 0 Å². The van der Waals surface area contributed by atoms with Crippen LogP contribution in [-0.4, -0.2) is 12.1 Å². The molecule has 0 radical (unpaired) electrons. The number of hydrogen-bond acceptors (Lipinski definition) is 1. The average Bonchev–Trinajstić information content (AvgIpc) is 2.46. The molecule has 0 aromatic carbocycles. The van der Waals surface area contributed by atoms with Gasteiger partial charge in [0, 0.05) is 12.1 Å². The third-order valence-electron chi connectivity index (χ3n) is 3.95. The van der Waals surface area contributed by atoms with Crippen molar-refractivity contribution in [2.75, 3.05) is 0 Å². The number of nitrogens with one attached hydrogen (secondary N) is 1. The van der Waals surface area contributed by atoms with E-state index in [1.807, 2.05) is 0 Å². The van der Waals surface area contributed by atoms with E-state index in [1.54, 1.807) is 0 Å². The van der Waals surface area contributed by atoms with E-state index in [1.165, 1.54) is 32.1 Å². The van der Waals surface area contributed by atoms with Crippen molar-refractivity contribution in [3.05, 3.63) is 0 Å². The van der Waals surface area contributed by atoms with Crippen molar-refractivity contribution in [1.29, 1.82) is 0 Å². The van der Waals surface area contributed by atoms with E-state index in [0.717, 1.165) is 17.9 Å². The molecule has 0 spiro atoms. The molecule has 0 aromatic heterocycles.